The van der Waals surface area contributed by atoms with E-state index < -0.39 is 22.7 Å². The van der Waals surface area contributed by atoms with Gasteiger partial charge in [0.25, 0.3) is 11.5 Å². The third kappa shape index (κ3) is 4.76. The number of nitrogens with two attached hydrogens (primary N) is 1. The minimum atomic E-state index is -1.30. The Morgan fingerprint density at radius 2 is 2.04 bits per heavy atom. The maximum atomic E-state index is 12.3. The molecule has 2 rings (SSSR count). The minimum Gasteiger partial charge on any atom is -0.549 e. The van der Waals surface area contributed by atoms with Gasteiger partial charge < -0.3 is 25.7 Å². The Kier molecular flexibility index (Phi) is 6.23. The summed E-state index contributed by atoms with van der Waals surface area (Å²) < 4.78 is 5.29. The fraction of sp³-hybridized carbons (Fsp3) is 0.250. The normalized spacial score (nSPS) is 11.6. The SMILES string of the molecule is CCOc1ccc(C(=O)Nc2c(N)nc(S[C@H](C)C(=O)[O-])[nH]c2=O)cc1. The molecule has 9 nitrogen and oxygen atoms in total. The number of nitrogens with one attached hydrogen (secondary N) is 2. The summed E-state index contributed by atoms with van der Waals surface area (Å²) in [6.07, 6.45) is 0. The third-order valence-corrected chi connectivity index (χ3v) is 4.17. The lowest BCUT2D eigenvalue weighted by Gasteiger charge is -2.12. The molecule has 10 heteroatoms. The highest BCUT2D eigenvalue weighted by Gasteiger charge is 2.15. The Bertz CT molecular complexity index is 866. The van der Waals surface area contributed by atoms with Gasteiger partial charge in [0.1, 0.15) is 11.4 Å². The van der Waals surface area contributed by atoms with Crippen molar-refractivity contribution in [2.75, 3.05) is 17.7 Å². The van der Waals surface area contributed by atoms with Gasteiger partial charge in [-0.25, -0.2) is 4.98 Å². The van der Waals surface area contributed by atoms with Crippen LogP contribution in [0.4, 0.5) is 11.5 Å². The molecule has 0 fully saturated rings. The van der Waals surface area contributed by atoms with Crippen molar-refractivity contribution >= 4 is 35.1 Å². The van der Waals surface area contributed by atoms with Crippen molar-refractivity contribution in [2.24, 2.45) is 0 Å². The highest BCUT2D eigenvalue weighted by atomic mass is 32.2. The zero-order chi connectivity index (χ0) is 19.3. The van der Waals surface area contributed by atoms with Gasteiger partial charge in [0.05, 0.1) is 12.6 Å². The van der Waals surface area contributed by atoms with Crippen LogP contribution in [0, 0.1) is 0 Å². The number of benzene rings is 1. The van der Waals surface area contributed by atoms with Crippen LogP contribution in [0.25, 0.3) is 0 Å². The molecular formula is C16H17N4O5S-. The van der Waals surface area contributed by atoms with E-state index in [2.05, 4.69) is 15.3 Å². The Hall–Kier alpha value is -3.01. The number of H-pyrrole nitrogens is 1. The quantitative estimate of drug-likeness (QED) is 0.458. The second-order valence-corrected chi connectivity index (χ2v) is 6.45. The smallest absolute Gasteiger partial charge is 0.277 e. The first kappa shape index (κ1) is 19.3. The van der Waals surface area contributed by atoms with Crippen molar-refractivity contribution in [1.82, 2.24) is 9.97 Å². The molecule has 2 aromatic rings. The average Bonchev–Trinajstić information content (AvgIpc) is 2.58. The number of thioether (sulfide) groups is 1. The first-order valence-corrected chi connectivity index (χ1v) is 8.51. The molecular weight excluding hydrogens is 360 g/mol. The summed E-state index contributed by atoms with van der Waals surface area (Å²) >= 11 is 0.775. The van der Waals surface area contributed by atoms with Crippen molar-refractivity contribution in [2.45, 2.75) is 24.3 Å². The summed E-state index contributed by atoms with van der Waals surface area (Å²) in [5.41, 5.74) is 5.12. The lowest BCUT2D eigenvalue weighted by atomic mass is 10.2. The van der Waals surface area contributed by atoms with Gasteiger partial charge in [-0.2, -0.15) is 0 Å². The van der Waals surface area contributed by atoms with Gasteiger partial charge in [-0.1, -0.05) is 11.8 Å². The number of aliphatic carboxylic acids is 1. The summed E-state index contributed by atoms with van der Waals surface area (Å²) in [6, 6.07) is 6.35. The lowest BCUT2D eigenvalue weighted by Crippen LogP contribution is -2.31. The largest absolute Gasteiger partial charge is 0.549 e. The van der Waals surface area contributed by atoms with E-state index in [1.807, 2.05) is 6.92 Å². The van der Waals surface area contributed by atoms with Gasteiger partial charge in [-0.05, 0) is 38.1 Å². The zero-order valence-electron chi connectivity index (χ0n) is 14.1. The number of aromatic amines is 1. The molecule has 0 saturated carbocycles. The van der Waals surface area contributed by atoms with Gasteiger partial charge in [0, 0.05) is 10.8 Å². The minimum absolute atomic E-state index is 0.0169. The van der Waals surface area contributed by atoms with E-state index in [0.29, 0.717) is 17.9 Å². The summed E-state index contributed by atoms with van der Waals surface area (Å²) in [6.45, 7) is 3.74. The third-order valence-electron chi connectivity index (χ3n) is 3.21. The maximum Gasteiger partial charge on any atom is 0.277 e. The van der Waals surface area contributed by atoms with E-state index >= 15 is 0 Å². The van der Waals surface area contributed by atoms with Crippen molar-refractivity contribution in [1.29, 1.82) is 0 Å². The number of ether oxygens (including phenoxy) is 1. The standard InChI is InChI=1S/C16H18N4O5S/c1-3-25-10-6-4-9(5-7-10)13(21)18-11-12(17)19-16(20-14(11)22)26-8(2)15(23)24/h4-8H,3H2,1-2H3,(H,18,21)(H,23,24)(H3,17,19,20,22)/p-1/t8-/m1/s1. The fourth-order valence-corrected chi connectivity index (χ4v) is 2.65. The number of nitrogen functional groups attached to an aromatic ring is 1. The predicted octanol–water partition coefficient (Wildman–Crippen LogP) is 0.234. The van der Waals surface area contributed by atoms with Gasteiger partial charge in [0.2, 0.25) is 0 Å². The molecule has 0 aliphatic heterocycles. The maximum absolute atomic E-state index is 12.3. The zero-order valence-corrected chi connectivity index (χ0v) is 14.9. The molecule has 1 heterocycles. The molecule has 0 spiro atoms. The van der Waals surface area contributed by atoms with Gasteiger partial charge in [0.15, 0.2) is 11.0 Å². The van der Waals surface area contributed by atoms with Crippen LogP contribution < -0.4 is 26.5 Å². The number of amides is 1. The van der Waals surface area contributed by atoms with Crippen molar-refractivity contribution in [3.8, 4) is 5.75 Å². The topological polar surface area (TPSA) is 150 Å². The molecule has 26 heavy (non-hydrogen) atoms. The predicted molar refractivity (Wildman–Crippen MR) is 95.2 cm³/mol. The van der Waals surface area contributed by atoms with Crippen molar-refractivity contribution in [3.05, 3.63) is 40.2 Å². The van der Waals surface area contributed by atoms with Crippen LogP contribution in [-0.4, -0.2) is 33.7 Å². The van der Waals surface area contributed by atoms with E-state index in [1.165, 1.54) is 6.92 Å². The number of anilines is 2. The number of rotatable bonds is 7. The monoisotopic (exact) mass is 377 g/mol. The lowest BCUT2D eigenvalue weighted by molar-refractivity contribution is -0.304. The molecule has 1 atom stereocenters. The molecule has 0 saturated heterocycles. The van der Waals surface area contributed by atoms with E-state index in [1.54, 1.807) is 24.3 Å². The van der Waals surface area contributed by atoms with Gasteiger partial charge >= 0.3 is 0 Å². The number of carbonyl (C=O) groups is 2. The van der Waals surface area contributed by atoms with Crippen LogP contribution in [-0.2, 0) is 4.79 Å². The molecule has 1 aromatic carbocycles. The van der Waals surface area contributed by atoms with E-state index in [4.69, 9.17) is 10.5 Å². The van der Waals surface area contributed by atoms with Crippen LogP contribution in [0.2, 0.25) is 0 Å². The number of aromatic nitrogens is 2. The van der Waals surface area contributed by atoms with Crippen LogP contribution in [0.15, 0.2) is 34.2 Å². The van der Waals surface area contributed by atoms with Crippen LogP contribution in [0.1, 0.15) is 24.2 Å². The molecule has 1 amide bonds. The highest BCUT2D eigenvalue weighted by Crippen LogP contribution is 2.21. The molecule has 4 N–H and O–H groups in total. The first-order chi connectivity index (χ1) is 12.3. The molecule has 1 aromatic heterocycles. The van der Waals surface area contributed by atoms with Crippen LogP contribution in [0.5, 0.6) is 5.75 Å². The van der Waals surface area contributed by atoms with Gasteiger partial charge in [-0.15, -0.1) is 0 Å². The van der Waals surface area contributed by atoms with E-state index in [-0.39, 0.29) is 16.7 Å². The number of carboxylic acids is 1. The number of hydrogen-bond donors (Lipinski definition) is 3. The van der Waals surface area contributed by atoms with Crippen LogP contribution >= 0.6 is 11.8 Å². The first-order valence-electron chi connectivity index (χ1n) is 7.63. The Morgan fingerprint density at radius 3 is 2.58 bits per heavy atom. The molecule has 0 bridgehead atoms. The van der Waals surface area contributed by atoms with Crippen molar-refractivity contribution < 1.29 is 19.4 Å². The number of hydrogen-bond acceptors (Lipinski definition) is 8. The molecule has 0 radical (unpaired) electrons. The molecule has 0 unspecified atom stereocenters. The molecule has 138 valence electrons. The van der Waals surface area contributed by atoms with Gasteiger partial charge in [-0.3, -0.25) is 14.6 Å². The second-order valence-electron chi connectivity index (χ2n) is 5.12. The number of nitrogens with zero attached hydrogens (tertiary/aromatic N) is 1. The van der Waals surface area contributed by atoms with E-state index in [0.717, 1.165) is 11.8 Å². The summed E-state index contributed by atoms with van der Waals surface area (Å²) in [5.74, 6) is -1.45. The molecule has 0 aliphatic rings. The summed E-state index contributed by atoms with van der Waals surface area (Å²) in [4.78, 5) is 41.4. The molecule has 0 aliphatic carbocycles. The van der Waals surface area contributed by atoms with Crippen LogP contribution in [0.3, 0.4) is 0 Å². The number of carboxylic acid groups (broad SMARTS) is 1. The summed E-state index contributed by atoms with van der Waals surface area (Å²) in [7, 11) is 0. The highest BCUT2D eigenvalue weighted by molar-refractivity contribution is 8.00. The number of carbonyl (C=O) groups excluding carboxylic acids is 2. The second kappa shape index (κ2) is 8.39. The Balaban J connectivity index is 2.17. The Labute approximate surface area is 153 Å². The summed E-state index contributed by atoms with van der Waals surface area (Å²) in [5, 5.41) is 12.2. The van der Waals surface area contributed by atoms with E-state index in [9.17, 15) is 19.5 Å². The average molecular weight is 377 g/mol. The Morgan fingerprint density at radius 1 is 1.38 bits per heavy atom. The fourth-order valence-electron chi connectivity index (χ4n) is 1.92. The van der Waals surface area contributed by atoms with Crippen molar-refractivity contribution in [3.63, 3.8) is 0 Å².